The zero-order valence-corrected chi connectivity index (χ0v) is 17.4. The minimum absolute atomic E-state index is 0.0517. The monoisotopic (exact) mass is 423 g/mol. The van der Waals surface area contributed by atoms with Crippen LogP contribution in [0.15, 0.2) is 65.1 Å². The third-order valence-corrected chi connectivity index (χ3v) is 4.95. The lowest BCUT2D eigenvalue weighted by molar-refractivity contribution is -0.384. The predicted molar refractivity (Wildman–Crippen MR) is 120 cm³/mol. The molecule has 0 aliphatic carbocycles. The first-order valence-electron chi connectivity index (χ1n) is 9.45. The third kappa shape index (κ3) is 4.90. The highest BCUT2D eigenvalue weighted by molar-refractivity contribution is 7.80. The van der Waals surface area contributed by atoms with Crippen LogP contribution >= 0.6 is 12.2 Å². The number of anilines is 1. The molecule has 1 atom stereocenters. The van der Waals surface area contributed by atoms with Crippen molar-refractivity contribution < 1.29 is 14.1 Å². The Morgan fingerprint density at radius 1 is 1.17 bits per heavy atom. The number of nitro groups is 1. The average Bonchev–Trinajstić information content (AvgIpc) is 3.24. The Morgan fingerprint density at radius 3 is 2.67 bits per heavy atom. The fourth-order valence-corrected chi connectivity index (χ4v) is 3.17. The number of carbonyl (C=O) groups excluding carboxylic acids is 1. The topological polar surface area (TPSA) is 97.4 Å². The van der Waals surface area contributed by atoms with E-state index in [0.29, 0.717) is 17.2 Å². The Hall–Kier alpha value is -3.52. The van der Waals surface area contributed by atoms with E-state index in [-0.39, 0.29) is 16.6 Å². The second kappa shape index (κ2) is 9.32. The van der Waals surface area contributed by atoms with Crippen LogP contribution in [-0.2, 0) is 0 Å². The molecule has 3 aromatic rings. The summed E-state index contributed by atoms with van der Waals surface area (Å²) in [5.74, 6) is 0.237. The van der Waals surface area contributed by atoms with Crippen LogP contribution in [0.3, 0.4) is 0 Å². The molecular weight excluding hydrogens is 402 g/mol. The molecule has 0 bridgehead atoms. The van der Waals surface area contributed by atoms with Gasteiger partial charge >= 0.3 is 0 Å². The molecule has 3 rings (SSSR count). The van der Waals surface area contributed by atoms with Crippen LogP contribution in [0.2, 0.25) is 0 Å². The highest BCUT2D eigenvalue weighted by Crippen LogP contribution is 2.27. The Bertz CT molecular complexity index is 1090. The quantitative estimate of drug-likeness (QED) is 0.309. The van der Waals surface area contributed by atoms with E-state index in [2.05, 4.69) is 24.5 Å². The zero-order chi connectivity index (χ0) is 21.7. The van der Waals surface area contributed by atoms with Gasteiger partial charge in [0.25, 0.3) is 11.6 Å². The van der Waals surface area contributed by atoms with Crippen LogP contribution in [0.4, 0.5) is 11.4 Å². The summed E-state index contributed by atoms with van der Waals surface area (Å²) in [6.45, 7) is 4.23. The van der Waals surface area contributed by atoms with Crippen LogP contribution in [0, 0.1) is 10.1 Å². The van der Waals surface area contributed by atoms with E-state index in [1.807, 2.05) is 24.3 Å². The van der Waals surface area contributed by atoms with Crippen molar-refractivity contribution in [2.24, 2.45) is 0 Å². The van der Waals surface area contributed by atoms with Gasteiger partial charge in [0.2, 0.25) is 0 Å². The second-order valence-corrected chi connectivity index (χ2v) is 7.18. The van der Waals surface area contributed by atoms with Gasteiger partial charge in [-0.1, -0.05) is 44.2 Å². The highest BCUT2D eigenvalue weighted by Gasteiger charge is 2.16. The lowest BCUT2D eigenvalue weighted by Gasteiger charge is -2.16. The second-order valence-electron chi connectivity index (χ2n) is 6.78. The van der Waals surface area contributed by atoms with Crippen molar-refractivity contribution in [1.29, 1.82) is 0 Å². The molecule has 2 N–H and O–H groups in total. The van der Waals surface area contributed by atoms with Crippen molar-refractivity contribution in [3.63, 3.8) is 0 Å². The molecule has 0 radical (unpaired) electrons. The van der Waals surface area contributed by atoms with Crippen molar-refractivity contribution in [3.8, 4) is 11.3 Å². The number of rotatable bonds is 6. The summed E-state index contributed by atoms with van der Waals surface area (Å²) in [7, 11) is 0. The number of nitro benzene ring substituents is 1. The number of hydrogen-bond donors (Lipinski definition) is 2. The molecule has 154 valence electrons. The van der Waals surface area contributed by atoms with Crippen LogP contribution in [-0.4, -0.2) is 15.9 Å². The van der Waals surface area contributed by atoms with Crippen molar-refractivity contribution in [3.05, 3.63) is 82.1 Å². The van der Waals surface area contributed by atoms with Gasteiger partial charge < -0.3 is 9.73 Å². The Labute approximate surface area is 179 Å². The molecule has 2 aromatic carbocycles. The number of amides is 1. The summed E-state index contributed by atoms with van der Waals surface area (Å²) < 4.78 is 5.57. The fourth-order valence-electron chi connectivity index (χ4n) is 2.97. The molecule has 1 heterocycles. The Balaban J connectivity index is 1.70. The van der Waals surface area contributed by atoms with E-state index >= 15 is 0 Å². The number of benzene rings is 2. The molecule has 1 unspecified atom stereocenters. The van der Waals surface area contributed by atoms with E-state index in [1.54, 1.807) is 18.2 Å². The van der Waals surface area contributed by atoms with Gasteiger partial charge in [0.05, 0.1) is 4.92 Å². The van der Waals surface area contributed by atoms with Gasteiger partial charge in [-0.05, 0) is 48.3 Å². The van der Waals surface area contributed by atoms with Gasteiger partial charge in [-0.2, -0.15) is 0 Å². The van der Waals surface area contributed by atoms with Crippen LogP contribution in [0.5, 0.6) is 0 Å². The molecule has 0 aliphatic heterocycles. The number of hydrogen-bond acceptors (Lipinski definition) is 5. The molecule has 30 heavy (non-hydrogen) atoms. The smallest absolute Gasteiger partial charge is 0.293 e. The Morgan fingerprint density at radius 2 is 1.93 bits per heavy atom. The van der Waals surface area contributed by atoms with Gasteiger partial charge in [0.1, 0.15) is 5.76 Å². The molecule has 0 saturated carbocycles. The van der Waals surface area contributed by atoms with Crippen LogP contribution in [0.25, 0.3) is 11.3 Å². The molecule has 0 saturated heterocycles. The maximum atomic E-state index is 12.5. The van der Waals surface area contributed by atoms with Crippen LogP contribution in [0.1, 0.15) is 42.3 Å². The molecule has 1 aromatic heterocycles. The summed E-state index contributed by atoms with van der Waals surface area (Å²) in [5.41, 5.74) is 2.41. The number of nitrogens with zero attached hydrogens (tertiary/aromatic N) is 1. The summed E-state index contributed by atoms with van der Waals surface area (Å²) in [6.07, 6.45) is 0.977. The SMILES string of the molecule is CCC(C)c1ccccc1NC(=S)NC(=O)c1ccc(-c2cccc([N+](=O)[O-])c2)o1. The van der Waals surface area contributed by atoms with Crippen molar-refractivity contribution >= 4 is 34.6 Å². The summed E-state index contributed by atoms with van der Waals surface area (Å²) in [6, 6.07) is 16.9. The number of thiocarbonyl (C=S) groups is 1. The summed E-state index contributed by atoms with van der Waals surface area (Å²) >= 11 is 5.28. The molecule has 0 spiro atoms. The molecule has 1 amide bonds. The average molecular weight is 423 g/mol. The largest absolute Gasteiger partial charge is 0.451 e. The number of para-hydroxylation sites is 1. The van der Waals surface area contributed by atoms with Crippen molar-refractivity contribution in [1.82, 2.24) is 5.32 Å². The van der Waals surface area contributed by atoms with Gasteiger partial charge in [0.15, 0.2) is 10.9 Å². The number of nitrogens with one attached hydrogen (secondary N) is 2. The number of furan rings is 1. The lowest BCUT2D eigenvalue weighted by atomic mass is 9.97. The fraction of sp³-hybridized carbons (Fsp3) is 0.182. The minimum Gasteiger partial charge on any atom is -0.451 e. The minimum atomic E-state index is -0.509. The standard InChI is InChI=1S/C22H21N3O4S/c1-3-14(2)17-9-4-5-10-18(17)23-22(30)24-21(26)20-12-11-19(29-20)15-7-6-8-16(13-15)25(27)28/h4-14H,3H2,1-2H3,(H2,23,24,26,30). The third-order valence-electron chi connectivity index (χ3n) is 4.75. The summed E-state index contributed by atoms with van der Waals surface area (Å²) in [4.78, 5) is 23.0. The normalized spacial score (nSPS) is 11.5. The maximum Gasteiger partial charge on any atom is 0.293 e. The molecular formula is C22H21N3O4S. The Kier molecular flexibility index (Phi) is 6.58. The van der Waals surface area contributed by atoms with E-state index in [1.165, 1.54) is 18.2 Å². The van der Waals surface area contributed by atoms with E-state index in [9.17, 15) is 14.9 Å². The van der Waals surface area contributed by atoms with Gasteiger partial charge in [-0.25, -0.2) is 0 Å². The first-order chi connectivity index (χ1) is 14.4. The van der Waals surface area contributed by atoms with Gasteiger partial charge in [0, 0.05) is 23.4 Å². The molecule has 7 nitrogen and oxygen atoms in total. The van der Waals surface area contributed by atoms with Crippen molar-refractivity contribution in [2.45, 2.75) is 26.2 Å². The van der Waals surface area contributed by atoms with Gasteiger partial charge in [-0.3, -0.25) is 20.2 Å². The molecule has 0 fully saturated rings. The van der Waals surface area contributed by atoms with E-state index in [0.717, 1.165) is 17.7 Å². The first-order valence-corrected chi connectivity index (χ1v) is 9.85. The first kappa shape index (κ1) is 21.2. The zero-order valence-electron chi connectivity index (χ0n) is 16.5. The molecule has 0 aliphatic rings. The maximum absolute atomic E-state index is 12.5. The van der Waals surface area contributed by atoms with E-state index in [4.69, 9.17) is 16.6 Å². The summed E-state index contributed by atoms with van der Waals surface area (Å²) in [5, 5.41) is 16.8. The lowest BCUT2D eigenvalue weighted by Crippen LogP contribution is -2.34. The van der Waals surface area contributed by atoms with Crippen LogP contribution < -0.4 is 10.6 Å². The van der Waals surface area contributed by atoms with E-state index < -0.39 is 10.8 Å². The van der Waals surface area contributed by atoms with Gasteiger partial charge in [-0.15, -0.1) is 0 Å². The molecule has 8 heteroatoms. The number of non-ortho nitro benzene ring substituents is 1. The predicted octanol–water partition coefficient (Wildman–Crippen LogP) is 5.50. The number of carbonyl (C=O) groups is 1. The van der Waals surface area contributed by atoms with Crippen molar-refractivity contribution in [2.75, 3.05) is 5.32 Å². The highest BCUT2D eigenvalue weighted by atomic mass is 32.1.